The van der Waals surface area contributed by atoms with Crippen LogP contribution in [0.25, 0.3) is 5.57 Å². The summed E-state index contributed by atoms with van der Waals surface area (Å²) in [6.07, 6.45) is 3.11. The Balaban J connectivity index is 1.65. The van der Waals surface area contributed by atoms with Crippen molar-refractivity contribution in [1.29, 1.82) is 0 Å². The first-order valence-electron chi connectivity index (χ1n) is 7.40. The second-order valence-electron chi connectivity index (χ2n) is 5.42. The van der Waals surface area contributed by atoms with E-state index in [0.717, 1.165) is 48.6 Å². The normalized spacial score (nSPS) is 14.7. The second kappa shape index (κ2) is 7.51. The molecule has 0 amide bonds. The van der Waals surface area contributed by atoms with Gasteiger partial charge in [0.1, 0.15) is 17.3 Å². The Bertz CT molecular complexity index is 802. The molecule has 124 valence electrons. The lowest BCUT2D eigenvalue weighted by atomic mass is 10.1. The van der Waals surface area contributed by atoms with Crippen molar-refractivity contribution >= 4 is 17.3 Å². The standard InChI is InChI=1S/C17H15F2N3OS/c1-22-6-2-5-13(11-22)16-17(21-24-20-16)23-7-3-4-12-8-14(18)10-15(19)9-12/h5,8-10H,2,6-7,11H2,1H3. The molecular formula is C17H15F2N3OS. The topological polar surface area (TPSA) is 38.2 Å². The van der Waals surface area contributed by atoms with Crippen molar-refractivity contribution in [3.8, 4) is 17.7 Å². The van der Waals surface area contributed by atoms with Crippen LogP contribution in [-0.2, 0) is 0 Å². The molecule has 0 bridgehead atoms. The van der Waals surface area contributed by atoms with Crippen LogP contribution in [-0.4, -0.2) is 40.4 Å². The molecule has 2 heterocycles. The maximum Gasteiger partial charge on any atom is 0.254 e. The van der Waals surface area contributed by atoms with Gasteiger partial charge >= 0.3 is 0 Å². The van der Waals surface area contributed by atoms with E-state index in [1.165, 1.54) is 12.1 Å². The van der Waals surface area contributed by atoms with Crippen LogP contribution in [0.15, 0.2) is 24.3 Å². The molecule has 0 saturated heterocycles. The number of halogens is 2. The Morgan fingerprint density at radius 2 is 2.04 bits per heavy atom. The summed E-state index contributed by atoms with van der Waals surface area (Å²) in [6, 6.07) is 3.16. The lowest BCUT2D eigenvalue weighted by Gasteiger charge is -2.21. The maximum atomic E-state index is 13.1. The van der Waals surface area contributed by atoms with Crippen LogP contribution in [0.3, 0.4) is 0 Å². The molecule has 0 spiro atoms. The molecule has 0 unspecified atom stereocenters. The second-order valence-corrected chi connectivity index (χ2v) is 5.95. The van der Waals surface area contributed by atoms with E-state index in [2.05, 4.69) is 38.6 Å². The molecule has 0 atom stereocenters. The molecular weight excluding hydrogens is 332 g/mol. The van der Waals surface area contributed by atoms with Gasteiger partial charge in [0, 0.05) is 24.7 Å². The van der Waals surface area contributed by atoms with Crippen LogP contribution in [0.5, 0.6) is 5.88 Å². The van der Waals surface area contributed by atoms with Gasteiger partial charge in [-0.3, -0.25) is 0 Å². The van der Waals surface area contributed by atoms with Gasteiger partial charge in [0.25, 0.3) is 5.88 Å². The van der Waals surface area contributed by atoms with Gasteiger partial charge in [-0.15, -0.1) is 4.37 Å². The van der Waals surface area contributed by atoms with Gasteiger partial charge in [-0.05, 0) is 31.2 Å². The van der Waals surface area contributed by atoms with E-state index in [-0.39, 0.29) is 12.2 Å². The predicted octanol–water partition coefficient (Wildman–Crippen LogP) is 2.97. The van der Waals surface area contributed by atoms with Crippen molar-refractivity contribution in [2.75, 3.05) is 26.7 Å². The first-order valence-corrected chi connectivity index (χ1v) is 8.13. The van der Waals surface area contributed by atoms with Crippen molar-refractivity contribution in [1.82, 2.24) is 13.6 Å². The van der Waals surface area contributed by atoms with Gasteiger partial charge in [0.15, 0.2) is 6.61 Å². The van der Waals surface area contributed by atoms with E-state index in [4.69, 9.17) is 4.74 Å². The predicted molar refractivity (Wildman–Crippen MR) is 88.7 cm³/mol. The molecule has 7 heteroatoms. The number of likely N-dealkylation sites (N-methyl/N-ethyl adjacent to an activating group) is 1. The molecule has 3 rings (SSSR count). The van der Waals surface area contributed by atoms with Gasteiger partial charge in [-0.1, -0.05) is 17.9 Å². The smallest absolute Gasteiger partial charge is 0.254 e. The molecule has 1 aliphatic heterocycles. The zero-order chi connectivity index (χ0) is 16.9. The van der Waals surface area contributed by atoms with Crippen molar-refractivity contribution < 1.29 is 13.5 Å². The molecule has 0 N–H and O–H groups in total. The number of benzene rings is 1. The zero-order valence-corrected chi connectivity index (χ0v) is 13.9. The van der Waals surface area contributed by atoms with E-state index in [9.17, 15) is 8.78 Å². The van der Waals surface area contributed by atoms with Crippen molar-refractivity contribution in [2.45, 2.75) is 6.42 Å². The summed E-state index contributed by atoms with van der Waals surface area (Å²) in [5.41, 5.74) is 2.10. The fourth-order valence-electron chi connectivity index (χ4n) is 2.41. The third-order valence-electron chi connectivity index (χ3n) is 3.48. The zero-order valence-electron chi connectivity index (χ0n) is 13.1. The highest BCUT2D eigenvalue weighted by molar-refractivity contribution is 6.99. The monoisotopic (exact) mass is 347 g/mol. The molecule has 2 aromatic rings. The molecule has 0 radical (unpaired) electrons. The summed E-state index contributed by atoms with van der Waals surface area (Å²) < 4.78 is 40.2. The molecule has 24 heavy (non-hydrogen) atoms. The maximum absolute atomic E-state index is 13.1. The molecule has 0 aliphatic carbocycles. The van der Waals surface area contributed by atoms with Gasteiger partial charge in [-0.25, -0.2) is 8.78 Å². The average Bonchev–Trinajstić information content (AvgIpc) is 2.99. The Morgan fingerprint density at radius 3 is 2.79 bits per heavy atom. The van der Waals surface area contributed by atoms with E-state index in [1.54, 1.807) is 0 Å². The number of rotatable bonds is 3. The Kier molecular flexibility index (Phi) is 5.18. The van der Waals surface area contributed by atoms with Crippen molar-refractivity contribution in [3.05, 3.63) is 47.2 Å². The summed E-state index contributed by atoms with van der Waals surface area (Å²) in [5.74, 6) is 4.55. The Labute approximate surface area is 143 Å². The number of aromatic nitrogens is 2. The van der Waals surface area contributed by atoms with Crippen molar-refractivity contribution in [3.63, 3.8) is 0 Å². The summed E-state index contributed by atoms with van der Waals surface area (Å²) in [5, 5.41) is 0. The Morgan fingerprint density at radius 1 is 1.25 bits per heavy atom. The van der Waals surface area contributed by atoms with E-state index in [0.29, 0.717) is 5.88 Å². The largest absolute Gasteiger partial charge is 0.462 e. The van der Waals surface area contributed by atoms with E-state index >= 15 is 0 Å². The number of hydrogen-bond donors (Lipinski definition) is 0. The quantitative estimate of drug-likeness (QED) is 0.800. The minimum absolute atomic E-state index is 0.0691. The van der Waals surface area contributed by atoms with Gasteiger partial charge < -0.3 is 9.64 Å². The fraction of sp³-hybridized carbons (Fsp3) is 0.294. The number of nitrogens with zero attached hydrogens (tertiary/aromatic N) is 3. The fourth-order valence-corrected chi connectivity index (χ4v) is 2.94. The highest BCUT2D eigenvalue weighted by Crippen LogP contribution is 2.26. The van der Waals surface area contributed by atoms with Gasteiger partial charge in [0.05, 0.1) is 11.7 Å². The third-order valence-corrected chi connectivity index (χ3v) is 3.99. The average molecular weight is 347 g/mol. The first kappa shape index (κ1) is 16.6. The van der Waals surface area contributed by atoms with Gasteiger partial charge in [-0.2, -0.15) is 4.37 Å². The summed E-state index contributed by atoms with van der Waals surface area (Å²) in [4.78, 5) is 2.21. The van der Waals surface area contributed by atoms with Crippen LogP contribution in [0.4, 0.5) is 8.78 Å². The minimum Gasteiger partial charge on any atom is -0.462 e. The SMILES string of the molecule is CN1CCC=C(c2nsnc2OCC#Cc2cc(F)cc(F)c2)C1. The first-order chi connectivity index (χ1) is 11.6. The van der Waals surface area contributed by atoms with Crippen molar-refractivity contribution in [2.24, 2.45) is 0 Å². The van der Waals surface area contributed by atoms with Crippen LogP contribution in [0, 0.1) is 23.5 Å². The summed E-state index contributed by atoms with van der Waals surface area (Å²) in [7, 11) is 2.05. The Hall–Kier alpha value is -2.30. The van der Waals surface area contributed by atoms with Crippen LogP contribution in [0.1, 0.15) is 17.7 Å². The lowest BCUT2D eigenvalue weighted by Crippen LogP contribution is -2.25. The van der Waals surface area contributed by atoms with E-state index in [1.807, 2.05) is 0 Å². The molecule has 1 aromatic heterocycles. The highest BCUT2D eigenvalue weighted by Gasteiger charge is 2.18. The molecule has 0 fully saturated rings. The van der Waals surface area contributed by atoms with Crippen LogP contribution >= 0.6 is 11.7 Å². The van der Waals surface area contributed by atoms with Crippen LogP contribution in [0.2, 0.25) is 0 Å². The molecule has 0 saturated carbocycles. The molecule has 4 nitrogen and oxygen atoms in total. The minimum atomic E-state index is -0.653. The molecule has 1 aliphatic rings. The van der Waals surface area contributed by atoms with Gasteiger partial charge in [0.2, 0.25) is 0 Å². The number of ether oxygens (including phenoxy) is 1. The van der Waals surface area contributed by atoms with E-state index < -0.39 is 11.6 Å². The molecule has 1 aromatic carbocycles. The third kappa shape index (κ3) is 4.16. The summed E-state index contributed by atoms with van der Waals surface area (Å²) >= 11 is 1.09. The van der Waals surface area contributed by atoms with Crippen LogP contribution < -0.4 is 4.74 Å². The number of hydrogen-bond acceptors (Lipinski definition) is 5. The summed E-state index contributed by atoms with van der Waals surface area (Å²) in [6.45, 7) is 1.89. The highest BCUT2D eigenvalue weighted by atomic mass is 32.1. The lowest BCUT2D eigenvalue weighted by molar-refractivity contribution is 0.352.